The SMILES string of the molecule is Cc1noc(CNC(C)C(C)(C)O)n1. The molecular weight excluding hydrogens is 182 g/mol. The number of rotatable bonds is 4. The Morgan fingerprint density at radius 2 is 2.21 bits per heavy atom. The number of aliphatic hydroxyl groups is 1. The van der Waals surface area contributed by atoms with E-state index >= 15 is 0 Å². The monoisotopic (exact) mass is 199 g/mol. The lowest BCUT2D eigenvalue weighted by atomic mass is 10.0. The summed E-state index contributed by atoms with van der Waals surface area (Å²) in [7, 11) is 0. The van der Waals surface area contributed by atoms with Crippen molar-refractivity contribution in [1.29, 1.82) is 0 Å². The first-order chi connectivity index (χ1) is 6.39. The fourth-order valence-electron chi connectivity index (χ4n) is 0.902. The highest BCUT2D eigenvalue weighted by molar-refractivity contribution is 4.85. The van der Waals surface area contributed by atoms with Crippen LogP contribution in [0.15, 0.2) is 4.52 Å². The third-order valence-electron chi connectivity index (χ3n) is 2.19. The zero-order valence-corrected chi connectivity index (χ0v) is 9.03. The molecule has 0 amide bonds. The number of hydrogen-bond acceptors (Lipinski definition) is 5. The zero-order chi connectivity index (χ0) is 10.8. The van der Waals surface area contributed by atoms with Gasteiger partial charge in [0, 0.05) is 6.04 Å². The van der Waals surface area contributed by atoms with Gasteiger partial charge in [-0.3, -0.25) is 0 Å². The quantitative estimate of drug-likeness (QED) is 0.744. The number of nitrogens with zero attached hydrogens (tertiary/aromatic N) is 2. The maximum Gasteiger partial charge on any atom is 0.240 e. The minimum absolute atomic E-state index is 0.0327. The second-order valence-electron chi connectivity index (χ2n) is 3.99. The average Bonchev–Trinajstić information content (AvgIpc) is 2.45. The van der Waals surface area contributed by atoms with E-state index in [-0.39, 0.29) is 6.04 Å². The number of aryl methyl sites for hydroxylation is 1. The minimum atomic E-state index is -0.755. The average molecular weight is 199 g/mol. The van der Waals surface area contributed by atoms with Gasteiger partial charge in [-0.1, -0.05) is 5.16 Å². The van der Waals surface area contributed by atoms with E-state index in [0.717, 1.165) is 0 Å². The first kappa shape index (κ1) is 11.1. The van der Waals surface area contributed by atoms with Crippen LogP contribution in [-0.4, -0.2) is 26.9 Å². The molecule has 0 aromatic carbocycles. The Balaban J connectivity index is 2.41. The van der Waals surface area contributed by atoms with Crippen molar-refractivity contribution in [2.45, 2.75) is 45.9 Å². The lowest BCUT2D eigenvalue weighted by molar-refractivity contribution is 0.0427. The van der Waals surface area contributed by atoms with Gasteiger partial charge >= 0.3 is 0 Å². The normalized spacial score (nSPS) is 14.4. The topological polar surface area (TPSA) is 71.2 Å². The molecule has 1 unspecified atom stereocenters. The van der Waals surface area contributed by atoms with E-state index < -0.39 is 5.60 Å². The Morgan fingerprint density at radius 3 is 2.64 bits per heavy atom. The smallest absolute Gasteiger partial charge is 0.240 e. The number of nitrogens with one attached hydrogen (secondary N) is 1. The molecule has 0 saturated heterocycles. The van der Waals surface area contributed by atoms with E-state index in [1.807, 2.05) is 6.92 Å². The Kier molecular flexibility index (Phi) is 3.23. The summed E-state index contributed by atoms with van der Waals surface area (Å²) in [5, 5.41) is 16.4. The second kappa shape index (κ2) is 4.06. The molecule has 0 bridgehead atoms. The summed E-state index contributed by atoms with van der Waals surface area (Å²) in [6.07, 6.45) is 0. The predicted octanol–water partition coefficient (Wildman–Crippen LogP) is 0.627. The largest absolute Gasteiger partial charge is 0.389 e. The minimum Gasteiger partial charge on any atom is -0.389 e. The van der Waals surface area contributed by atoms with Crippen molar-refractivity contribution in [2.75, 3.05) is 0 Å². The van der Waals surface area contributed by atoms with Gasteiger partial charge in [0.25, 0.3) is 0 Å². The van der Waals surface area contributed by atoms with E-state index in [2.05, 4.69) is 15.5 Å². The van der Waals surface area contributed by atoms with Gasteiger partial charge in [-0.2, -0.15) is 4.98 Å². The van der Waals surface area contributed by atoms with E-state index in [0.29, 0.717) is 18.3 Å². The molecule has 1 aromatic rings. The number of aromatic nitrogens is 2. The fourth-order valence-corrected chi connectivity index (χ4v) is 0.902. The predicted molar refractivity (Wildman–Crippen MR) is 51.6 cm³/mol. The van der Waals surface area contributed by atoms with Crippen LogP contribution in [0.5, 0.6) is 0 Å². The van der Waals surface area contributed by atoms with E-state index in [4.69, 9.17) is 4.52 Å². The molecule has 0 saturated carbocycles. The van der Waals surface area contributed by atoms with Gasteiger partial charge in [0.15, 0.2) is 5.82 Å². The molecule has 0 aliphatic rings. The van der Waals surface area contributed by atoms with Gasteiger partial charge < -0.3 is 14.9 Å². The Morgan fingerprint density at radius 1 is 1.57 bits per heavy atom. The molecule has 1 heterocycles. The highest BCUT2D eigenvalue weighted by Crippen LogP contribution is 2.08. The fraction of sp³-hybridized carbons (Fsp3) is 0.778. The standard InChI is InChI=1S/C9H17N3O2/c1-6(9(3,4)13)10-5-8-11-7(2)12-14-8/h6,10,13H,5H2,1-4H3. The molecule has 0 radical (unpaired) electrons. The summed E-state index contributed by atoms with van der Waals surface area (Å²) in [6, 6.07) is -0.0327. The molecule has 14 heavy (non-hydrogen) atoms. The van der Waals surface area contributed by atoms with Crippen molar-refractivity contribution >= 4 is 0 Å². The van der Waals surface area contributed by atoms with Crippen molar-refractivity contribution in [2.24, 2.45) is 0 Å². The first-order valence-electron chi connectivity index (χ1n) is 4.64. The van der Waals surface area contributed by atoms with Gasteiger partial charge in [-0.25, -0.2) is 0 Å². The van der Waals surface area contributed by atoms with Gasteiger partial charge in [0.1, 0.15) is 0 Å². The molecule has 0 spiro atoms. The maximum atomic E-state index is 9.64. The van der Waals surface area contributed by atoms with Crippen LogP contribution in [-0.2, 0) is 6.54 Å². The molecule has 1 atom stereocenters. The maximum absolute atomic E-state index is 9.64. The first-order valence-corrected chi connectivity index (χ1v) is 4.64. The lowest BCUT2D eigenvalue weighted by Gasteiger charge is -2.26. The summed E-state index contributed by atoms with van der Waals surface area (Å²) < 4.78 is 4.92. The van der Waals surface area contributed by atoms with Crippen molar-refractivity contribution in [3.8, 4) is 0 Å². The molecule has 1 rings (SSSR count). The van der Waals surface area contributed by atoms with Gasteiger partial charge in [0.2, 0.25) is 5.89 Å². The van der Waals surface area contributed by atoms with Crippen LogP contribution in [0.25, 0.3) is 0 Å². The zero-order valence-electron chi connectivity index (χ0n) is 9.03. The molecule has 0 fully saturated rings. The van der Waals surface area contributed by atoms with E-state index in [1.165, 1.54) is 0 Å². The van der Waals surface area contributed by atoms with Crippen molar-refractivity contribution in [3.63, 3.8) is 0 Å². The van der Waals surface area contributed by atoms with Crippen molar-refractivity contribution in [3.05, 3.63) is 11.7 Å². The van der Waals surface area contributed by atoms with Gasteiger partial charge in [0.05, 0.1) is 12.1 Å². The molecule has 80 valence electrons. The second-order valence-corrected chi connectivity index (χ2v) is 3.99. The van der Waals surface area contributed by atoms with Gasteiger partial charge in [-0.15, -0.1) is 0 Å². The highest BCUT2D eigenvalue weighted by Gasteiger charge is 2.21. The molecule has 0 aliphatic heterocycles. The highest BCUT2D eigenvalue weighted by atomic mass is 16.5. The van der Waals surface area contributed by atoms with Crippen molar-refractivity contribution in [1.82, 2.24) is 15.5 Å². The molecule has 0 aliphatic carbocycles. The van der Waals surface area contributed by atoms with Crippen molar-refractivity contribution < 1.29 is 9.63 Å². The summed E-state index contributed by atoms with van der Waals surface area (Å²) in [6.45, 7) is 7.66. The summed E-state index contributed by atoms with van der Waals surface area (Å²) >= 11 is 0. The lowest BCUT2D eigenvalue weighted by Crippen LogP contribution is -2.44. The van der Waals surface area contributed by atoms with E-state index in [9.17, 15) is 5.11 Å². The molecular formula is C9H17N3O2. The Bertz CT molecular complexity index is 290. The molecule has 1 aromatic heterocycles. The summed E-state index contributed by atoms with van der Waals surface area (Å²) in [5.74, 6) is 1.16. The van der Waals surface area contributed by atoms with Crippen LogP contribution in [0.2, 0.25) is 0 Å². The molecule has 5 nitrogen and oxygen atoms in total. The van der Waals surface area contributed by atoms with Crippen LogP contribution in [0.4, 0.5) is 0 Å². The van der Waals surface area contributed by atoms with Crippen LogP contribution in [0.1, 0.15) is 32.5 Å². The van der Waals surface area contributed by atoms with Crippen LogP contribution in [0.3, 0.4) is 0 Å². The summed E-state index contributed by atoms with van der Waals surface area (Å²) in [5.41, 5.74) is -0.755. The van der Waals surface area contributed by atoms with E-state index in [1.54, 1.807) is 20.8 Å². The van der Waals surface area contributed by atoms with Crippen LogP contribution in [0, 0.1) is 6.92 Å². The van der Waals surface area contributed by atoms with Crippen LogP contribution >= 0.6 is 0 Å². The third kappa shape index (κ3) is 3.08. The molecule has 5 heteroatoms. The van der Waals surface area contributed by atoms with Crippen LogP contribution < -0.4 is 5.32 Å². The third-order valence-corrected chi connectivity index (χ3v) is 2.19. The number of hydrogen-bond donors (Lipinski definition) is 2. The Hall–Kier alpha value is -0.940. The van der Waals surface area contributed by atoms with Gasteiger partial charge in [-0.05, 0) is 27.7 Å². The molecule has 2 N–H and O–H groups in total. The summed E-state index contributed by atoms with van der Waals surface area (Å²) in [4.78, 5) is 4.04. The Labute approximate surface area is 83.5 Å².